The first-order valence-electron chi connectivity index (χ1n) is 10.2. The van der Waals surface area contributed by atoms with Crippen molar-refractivity contribution in [1.82, 2.24) is 4.72 Å². The van der Waals surface area contributed by atoms with E-state index < -0.39 is 16.0 Å². The minimum absolute atomic E-state index is 0.192. The number of sulfonamides is 1. The van der Waals surface area contributed by atoms with E-state index in [2.05, 4.69) is 39.5 Å². The van der Waals surface area contributed by atoms with E-state index >= 15 is 0 Å². The molecule has 2 aliphatic carbocycles. The molecule has 0 heterocycles. The second-order valence-corrected chi connectivity index (χ2v) is 10.9. The van der Waals surface area contributed by atoms with Gasteiger partial charge in [-0.2, -0.15) is 0 Å². The van der Waals surface area contributed by atoms with Crippen molar-refractivity contribution in [2.45, 2.75) is 38.5 Å². The number of hydrogen-bond donors (Lipinski definition) is 2. The van der Waals surface area contributed by atoms with Crippen molar-refractivity contribution in [2.75, 3.05) is 6.54 Å². The van der Waals surface area contributed by atoms with Crippen LogP contribution in [-0.2, 0) is 14.8 Å². The zero-order chi connectivity index (χ0) is 20.9. The first kappa shape index (κ1) is 22.5. The quantitative estimate of drug-likeness (QED) is 0.263. The summed E-state index contributed by atoms with van der Waals surface area (Å²) in [5, 5.41) is 9.98. The first-order chi connectivity index (χ1) is 13.8. The Morgan fingerprint density at radius 2 is 1.93 bits per heavy atom. The number of fused-ring (bicyclic) bond motifs is 2. The summed E-state index contributed by atoms with van der Waals surface area (Å²) >= 11 is 2.22. The van der Waals surface area contributed by atoms with Crippen molar-refractivity contribution in [3.63, 3.8) is 0 Å². The molecule has 0 saturated heterocycles. The number of benzene rings is 1. The van der Waals surface area contributed by atoms with E-state index in [4.69, 9.17) is 5.11 Å². The number of carboxylic acids is 1. The summed E-state index contributed by atoms with van der Waals surface area (Å²) in [5.41, 5.74) is 0.859. The fraction of sp³-hybridized carbons (Fsp3) is 0.500. The van der Waals surface area contributed by atoms with Crippen LogP contribution in [0.5, 0.6) is 0 Å². The van der Waals surface area contributed by atoms with Gasteiger partial charge in [-0.1, -0.05) is 24.3 Å². The molecule has 4 unspecified atom stereocenters. The molecule has 0 amide bonds. The maximum atomic E-state index is 12.4. The minimum atomic E-state index is -3.48. The largest absolute Gasteiger partial charge is 0.481 e. The van der Waals surface area contributed by atoms with Gasteiger partial charge in [0, 0.05) is 21.9 Å². The Morgan fingerprint density at radius 1 is 1.21 bits per heavy atom. The summed E-state index contributed by atoms with van der Waals surface area (Å²) in [6, 6.07) is 7.69. The highest BCUT2D eigenvalue weighted by atomic mass is 127. The van der Waals surface area contributed by atoms with E-state index in [1.54, 1.807) is 6.08 Å². The minimum Gasteiger partial charge on any atom is -0.481 e. The molecule has 0 aliphatic heterocycles. The Hall–Kier alpha value is -1.19. The van der Waals surface area contributed by atoms with Crippen LogP contribution in [0.3, 0.4) is 0 Å². The van der Waals surface area contributed by atoms with E-state index in [-0.39, 0.29) is 6.42 Å². The Kier molecular flexibility index (Phi) is 7.92. The topological polar surface area (TPSA) is 83.5 Å². The van der Waals surface area contributed by atoms with Gasteiger partial charge >= 0.3 is 5.97 Å². The van der Waals surface area contributed by atoms with Gasteiger partial charge in [-0.25, -0.2) is 13.1 Å². The Morgan fingerprint density at radius 3 is 2.66 bits per heavy atom. The lowest BCUT2D eigenvalue weighted by Crippen LogP contribution is -2.34. The zero-order valence-electron chi connectivity index (χ0n) is 16.3. The van der Waals surface area contributed by atoms with Crippen LogP contribution in [-0.4, -0.2) is 26.0 Å². The van der Waals surface area contributed by atoms with Crippen molar-refractivity contribution < 1.29 is 18.3 Å². The number of aliphatic carboxylic acids is 1. The van der Waals surface area contributed by atoms with Crippen molar-refractivity contribution in [2.24, 2.45) is 23.7 Å². The normalized spacial score (nSPS) is 26.7. The van der Waals surface area contributed by atoms with Gasteiger partial charge < -0.3 is 5.11 Å². The lowest BCUT2D eigenvalue weighted by atomic mass is 9.79. The number of nitrogens with one attached hydrogen (secondary N) is 1. The molecule has 0 spiro atoms. The average molecular weight is 529 g/mol. The third-order valence-corrected chi connectivity index (χ3v) is 7.89. The molecule has 29 heavy (non-hydrogen) atoms. The van der Waals surface area contributed by atoms with Gasteiger partial charge in [-0.3, -0.25) is 4.79 Å². The second kappa shape index (κ2) is 10.2. The summed E-state index contributed by atoms with van der Waals surface area (Å²) in [5.74, 6) is 1.17. The van der Waals surface area contributed by atoms with Crippen molar-refractivity contribution in [1.29, 1.82) is 0 Å². The van der Waals surface area contributed by atoms with Crippen LogP contribution >= 0.6 is 22.6 Å². The highest BCUT2D eigenvalue weighted by Gasteiger charge is 2.46. The van der Waals surface area contributed by atoms with Crippen molar-refractivity contribution >= 4 is 44.7 Å². The monoisotopic (exact) mass is 529 g/mol. The predicted octanol–water partition coefficient (Wildman–Crippen LogP) is 4.65. The molecule has 1 aromatic rings. The number of unbranched alkanes of at least 4 members (excludes halogenated alkanes) is 1. The molecule has 158 valence electrons. The maximum absolute atomic E-state index is 12.4. The number of carbonyl (C=O) groups is 1. The van der Waals surface area contributed by atoms with Gasteiger partial charge in [0.05, 0.1) is 0 Å². The number of halogens is 1. The molecular weight excluding hydrogens is 501 g/mol. The molecular formula is C22H28INO4S. The second-order valence-electron chi connectivity index (χ2n) is 8.04. The van der Waals surface area contributed by atoms with E-state index in [1.807, 2.05) is 24.3 Å². The van der Waals surface area contributed by atoms with E-state index in [9.17, 15) is 13.2 Å². The fourth-order valence-electron chi connectivity index (χ4n) is 4.68. The van der Waals surface area contributed by atoms with Crippen LogP contribution in [0.4, 0.5) is 0 Å². The lowest BCUT2D eigenvalue weighted by molar-refractivity contribution is -0.137. The molecule has 2 aliphatic rings. The maximum Gasteiger partial charge on any atom is 0.303 e. The Balaban J connectivity index is 1.55. The molecule has 0 aromatic heterocycles. The molecule has 7 heteroatoms. The molecule has 3 rings (SSSR count). The van der Waals surface area contributed by atoms with Gasteiger partial charge in [-0.05, 0) is 102 Å². The van der Waals surface area contributed by atoms with Crippen molar-refractivity contribution in [3.8, 4) is 0 Å². The molecule has 2 fully saturated rings. The van der Waals surface area contributed by atoms with Crippen LogP contribution in [0.1, 0.15) is 44.1 Å². The summed E-state index contributed by atoms with van der Waals surface area (Å²) in [6.07, 6.45) is 11.1. The Labute approximate surface area is 186 Å². The molecule has 4 atom stereocenters. The predicted molar refractivity (Wildman–Crippen MR) is 124 cm³/mol. The van der Waals surface area contributed by atoms with Gasteiger partial charge in [0.2, 0.25) is 10.0 Å². The average Bonchev–Trinajstić information content (AvgIpc) is 3.27. The molecule has 2 bridgehead atoms. The summed E-state index contributed by atoms with van der Waals surface area (Å²) in [4.78, 5) is 10.6. The molecule has 1 aromatic carbocycles. The summed E-state index contributed by atoms with van der Waals surface area (Å²) < 4.78 is 28.8. The summed E-state index contributed by atoms with van der Waals surface area (Å²) in [7, 11) is -3.48. The lowest BCUT2D eigenvalue weighted by Gasteiger charge is -2.29. The highest BCUT2D eigenvalue weighted by molar-refractivity contribution is 14.1. The number of allylic oxidation sites excluding steroid dienone is 2. The van der Waals surface area contributed by atoms with E-state index in [1.165, 1.54) is 24.7 Å². The Bertz CT molecular complexity index is 863. The SMILES string of the molecule is O=C(O)CCCC=CC1C2CCC(C2)C1CNS(=O)(=O)C=Cc1ccc(I)cc1. The number of carboxylic acid groups (broad SMARTS) is 1. The van der Waals surface area contributed by atoms with Crippen LogP contribution < -0.4 is 4.72 Å². The third-order valence-electron chi connectivity index (χ3n) is 6.11. The van der Waals surface area contributed by atoms with Gasteiger partial charge in [0.15, 0.2) is 0 Å². The van der Waals surface area contributed by atoms with Crippen LogP contribution in [0.25, 0.3) is 6.08 Å². The fourth-order valence-corrected chi connectivity index (χ4v) is 5.90. The third kappa shape index (κ3) is 6.65. The van der Waals surface area contributed by atoms with E-state index in [0.29, 0.717) is 36.6 Å². The van der Waals surface area contributed by atoms with E-state index in [0.717, 1.165) is 15.6 Å². The van der Waals surface area contributed by atoms with Gasteiger partial charge in [0.25, 0.3) is 0 Å². The van der Waals surface area contributed by atoms with Crippen LogP contribution in [0, 0.1) is 27.2 Å². The molecule has 2 N–H and O–H groups in total. The first-order valence-corrected chi connectivity index (χ1v) is 12.8. The zero-order valence-corrected chi connectivity index (χ0v) is 19.3. The standard InChI is InChI=1S/C22H28INO4S/c23-19-10-6-16(7-11-19)12-13-29(27,28)24-15-21-18-9-8-17(14-18)20(21)4-2-1-3-5-22(25)26/h2,4,6-7,10-13,17-18,20-21,24H,1,3,5,8-9,14-15H2,(H,25,26). The molecule has 5 nitrogen and oxygen atoms in total. The number of rotatable bonds is 10. The van der Waals surface area contributed by atoms with Gasteiger partial charge in [-0.15, -0.1) is 0 Å². The van der Waals surface area contributed by atoms with Crippen molar-refractivity contribution in [3.05, 3.63) is 51.0 Å². The van der Waals surface area contributed by atoms with Gasteiger partial charge in [0.1, 0.15) is 0 Å². The highest BCUT2D eigenvalue weighted by Crippen LogP contribution is 2.52. The molecule has 0 radical (unpaired) electrons. The van der Waals surface area contributed by atoms with Crippen LogP contribution in [0.15, 0.2) is 41.8 Å². The number of hydrogen-bond acceptors (Lipinski definition) is 3. The smallest absolute Gasteiger partial charge is 0.303 e. The molecule has 2 saturated carbocycles. The van der Waals surface area contributed by atoms with Crippen LogP contribution in [0.2, 0.25) is 0 Å². The summed E-state index contributed by atoms with van der Waals surface area (Å²) in [6.45, 7) is 0.463.